The van der Waals surface area contributed by atoms with Crippen LogP contribution < -0.4 is 0 Å². The van der Waals surface area contributed by atoms with E-state index in [1.807, 2.05) is 34.6 Å². The molecule has 5 saturated heterocycles. The molecule has 0 aromatic rings. The molecule has 0 amide bonds. The normalized spacial score (nSPS) is 35.8. The van der Waals surface area contributed by atoms with Gasteiger partial charge in [0.1, 0.15) is 61.5 Å². The molecule has 16 aliphatic rings. The predicted molar refractivity (Wildman–Crippen MR) is 400 cm³/mol. The molecule has 0 radical (unpaired) electrons. The molecule has 0 aromatic carbocycles. The average molecular weight is 1750 g/mol. The van der Waals surface area contributed by atoms with Gasteiger partial charge in [-0.15, -0.1) is 0 Å². The van der Waals surface area contributed by atoms with Gasteiger partial charge in [-0.25, -0.2) is 19.2 Å². The molecule has 29 unspecified atom stereocenters. The van der Waals surface area contributed by atoms with Crippen LogP contribution in [0.15, 0.2) is 0 Å². The van der Waals surface area contributed by atoms with E-state index in [1.165, 1.54) is 21.0 Å². The first-order valence-electron chi connectivity index (χ1n) is 40.5. The van der Waals surface area contributed by atoms with Crippen molar-refractivity contribution in [3.05, 3.63) is 0 Å². The van der Waals surface area contributed by atoms with E-state index in [4.69, 9.17) is 73.0 Å². The van der Waals surface area contributed by atoms with Crippen LogP contribution >= 0.6 is 0 Å². The number of carbonyl (C=O) groups is 10. The zero-order chi connectivity index (χ0) is 85.6. The highest BCUT2D eigenvalue weighted by Crippen LogP contribution is 2.55. The predicted octanol–water partition coefficient (Wildman–Crippen LogP) is 5.37. The third kappa shape index (κ3) is 22.1. The van der Waals surface area contributed by atoms with Crippen molar-refractivity contribution in [1.29, 1.82) is 0 Å². The van der Waals surface area contributed by atoms with Gasteiger partial charge < -0.3 is 52.1 Å². The number of rotatable bonds is 27. The standard InChI is InChI=1S/C16H24O7S.C15H24O8S.2C15H22O7S.C14H22O7S/c1-3-9(2)16(18)21-7-6-13(17)22-14-10-4-5-11-12(8-10)24(19,20)23-15(11)14;1-5-8(2)14(16)21-9(3)15(17)22-13-11(20-4)6-10-7-12(13)23-24(10,18)19;2*1-3-8(2)15(17)20-7-12(16)21-13-9-4-5-10-11(6-9)23(18,19)22-14(10)13;1-4-8(2)13(15)19-9(3)14(16)20-11-6-5-10-7-12(11)21-22(10,17)18/h9-12,14-15H,3-8H2,1-2H3;8-13H,5-7H2,1-4H3;2*8-11,13-14H,3-7H2,1-2H3;8-12H,4-7H2,1-3H3. The highest BCUT2D eigenvalue weighted by molar-refractivity contribution is 7.88. The molecular formula is C75H114O36S5. The maximum atomic E-state index is 12.2. The van der Waals surface area contributed by atoms with Crippen molar-refractivity contribution < 1.29 is 163 Å². The maximum absolute atomic E-state index is 12.2. The Hall–Kier alpha value is -5.79. The quantitative estimate of drug-likeness (QED) is 0.0566. The van der Waals surface area contributed by atoms with Crippen LogP contribution in [-0.4, -0.2) is 234 Å². The number of methoxy groups -OCH3 is 1. The van der Waals surface area contributed by atoms with E-state index in [0.29, 0.717) is 70.6 Å². The highest BCUT2D eigenvalue weighted by Gasteiger charge is 2.65. The number of ether oxygens (including phenoxy) is 11. The molecule has 0 aromatic heterocycles. The van der Waals surface area contributed by atoms with Crippen LogP contribution in [-0.2, 0) is 172 Å². The first-order valence-corrected chi connectivity index (χ1v) is 47.8. The van der Waals surface area contributed by atoms with Gasteiger partial charge in [0, 0.05) is 24.9 Å². The van der Waals surface area contributed by atoms with Crippen molar-refractivity contribution in [3.63, 3.8) is 0 Å². The Bertz CT molecular complexity index is 4050. The third-order valence-electron chi connectivity index (χ3n) is 25.0. The zero-order valence-corrected chi connectivity index (χ0v) is 71.8. The Morgan fingerprint density at radius 2 is 0.690 bits per heavy atom. The Balaban J connectivity index is 0.000000166. The Kier molecular flexibility index (Phi) is 31.9. The second-order valence-electron chi connectivity index (χ2n) is 32.6. The summed E-state index contributed by atoms with van der Waals surface area (Å²) in [5, 5.41) is -2.47. The largest absolute Gasteiger partial charge is 0.465 e. The lowest BCUT2D eigenvalue weighted by atomic mass is 9.67. The first kappa shape index (κ1) is 94.1. The fourth-order valence-electron chi connectivity index (χ4n) is 17.0. The van der Waals surface area contributed by atoms with E-state index < -0.39 is 223 Å². The van der Waals surface area contributed by atoms with Crippen LogP contribution in [0.4, 0.5) is 0 Å². The molecule has 29 atom stereocenters. The van der Waals surface area contributed by atoms with E-state index in [-0.39, 0.29) is 96.9 Å². The van der Waals surface area contributed by atoms with Gasteiger partial charge in [-0.2, -0.15) is 42.1 Å². The summed E-state index contributed by atoms with van der Waals surface area (Å²) in [6.07, 6.45) is 2.36. The van der Waals surface area contributed by atoms with Crippen molar-refractivity contribution in [2.75, 3.05) is 26.9 Å². The van der Waals surface area contributed by atoms with Gasteiger partial charge in [0.25, 0.3) is 50.6 Å². The fourth-order valence-corrected chi connectivity index (χ4v) is 25.9. The molecule has 11 saturated carbocycles. The minimum atomic E-state index is -3.65. The Morgan fingerprint density at radius 1 is 0.336 bits per heavy atom. The molecule has 5 heterocycles. The summed E-state index contributed by atoms with van der Waals surface area (Å²) in [6, 6.07) is 0. The van der Waals surface area contributed by atoms with E-state index in [9.17, 15) is 90.0 Å². The van der Waals surface area contributed by atoms with E-state index >= 15 is 0 Å². The van der Waals surface area contributed by atoms with Gasteiger partial charge in [-0.05, 0) is 154 Å². The van der Waals surface area contributed by atoms with Crippen LogP contribution in [0.1, 0.15) is 212 Å². The summed E-state index contributed by atoms with van der Waals surface area (Å²) < 4.78 is 202. The SMILES string of the molecule is CCC(C)C(=O)OC(C)C(=O)OC1C(OC)CC2CC1OS2(=O)=O.CCC(C)C(=O)OC(C)C(=O)OC1CCC2CC1OS2(=O)=O.CCC(C)C(=O)OCC(=O)OC1C2CCC3C1OS(=O)(=O)C3C2.CCC(C)C(=O)OCC(=O)OC1C2CCC3C1OS(=O)(=O)C3C2.CCC(C)C(=O)OCCC(=O)OC1C2CCC3C1OS(=O)(=O)C3C2. The smallest absolute Gasteiger partial charge is 0.347 e. The second-order valence-corrected chi connectivity index (χ2v) is 41.7. The molecule has 0 spiro atoms. The Morgan fingerprint density at radius 3 is 1.09 bits per heavy atom. The van der Waals surface area contributed by atoms with Crippen molar-refractivity contribution in [3.8, 4) is 0 Å². The molecule has 36 nitrogen and oxygen atoms in total. The lowest BCUT2D eigenvalue weighted by Gasteiger charge is -2.43. The summed E-state index contributed by atoms with van der Waals surface area (Å²) in [5.41, 5.74) is 0. The molecule has 0 N–H and O–H groups in total. The lowest BCUT2D eigenvalue weighted by Crippen LogP contribution is -2.52. The van der Waals surface area contributed by atoms with E-state index in [0.717, 1.165) is 38.5 Å². The van der Waals surface area contributed by atoms with Gasteiger partial charge in [0.2, 0.25) is 0 Å². The molecule has 16 fully saturated rings. The van der Waals surface area contributed by atoms with Crippen molar-refractivity contribution >= 4 is 110 Å². The molecule has 16 rings (SSSR count). The fraction of sp³-hybridized carbons (Fsp3) is 0.867. The van der Waals surface area contributed by atoms with Gasteiger partial charge in [0.05, 0.1) is 68.4 Å². The summed E-state index contributed by atoms with van der Waals surface area (Å²) in [6.45, 7) is 19.9. The monoisotopic (exact) mass is 1750 g/mol. The van der Waals surface area contributed by atoms with Crippen LogP contribution in [0.3, 0.4) is 0 Å². The molecule has 116 heavy (non-hydrogen) atoms. The number of esters is 10. The summed E-state index contributed by atoms with van der Waals surface area (Å²) in [4.78, 5) is 118. The van der Waals surface area contributed by atoms with E-state index in [2.05, 4.69) is 0 Å². The van der Waals surface area contributed by atoms with Crippen LogP contribution in [0.25, 0.3) is 0 Å². The maximum Gasteiger partial charge on any atom is 0.347 e. The minimum absolute atomic E-state index is 0.00138. The molecule has 660 valence electrons. The van der Waals surface area contributed by atoms with E-state index in [1.54, 1.807) is 34.6 Å². The summed E-state index contributed by atoms with van der Waals surface area (Å²) in [5.74, 6) is -6.85. The zero-order valence-electron chi connectivity index (χ0n) is 67.7. The summed E-state index contributed by atoms with van der Waals surface area (Å²) in [7, 11) is -16.3. The van der Waals surface area contributed by atoms with Crippen molar-refractivity contribution in [1.82, 2.24) is 0 Å². The van der Waals surface area contributed by atoms with Crippen LogP contribution in [0, 0.1) is 65.1 Å². The topological polar surface area (TPSA) is 489 Å². The van der Waals surface area contributed by atoms with Gasteiger partial charge in [0.15, 0.2) is 31.5 Å². The number of hydrogen-bond donors (Lipinski definition) is 0. The van der Waals surface area contributed by atoms with Gasteiger partial charge >= 0.3 is 59.7 Å². The lowest BCUT2D eigenvalue weighted by molar-refractivity contribution is -0.183. The molecule has 41 heteroatoms. The summed E-state index contributed by atoms with van der Waals surface area (Å²) >= 11 is 0. The van der Waals surface area contributed by atoms with Crippen LogP contribution in [0.2, 0.25) is 0 Å². The van der Waals surface area contributed by atoms with Crippen molar-refractivity contribution in [2.24, 2.45) is 65.1 Å². The number of carbonyl (C=O) groups excluding carboxylic acids is 10. The van der Waals surface area contributed by atoms with Gasteiger partial charge in [-0.1, -0.05) is 69.2 Å². The average Bonchev–Trinajstić information content (AvgIpc) is 1.58. The minimum Gasteiger partial charge on any atom is -0.465 e. The molecular weight excluding hydrogens is 1640 g/mol. The second kappa shape index (κ2) is 39.4. The molecule has 11 aliphatic carbocycles. The van der Waals surface area contributed by atoms with Crippen LogP contribution in [0.5, 0.6) is 0 Å². The number of hydrogen-bond acceptors (Lipinski definition) is 36. The van der Waals surface area contributed by atoms with Gasteiger partial charge in [-0.3, -0.25) is 49.7 Å². The third-order valence-corrected chi connectivity index (χ3v) is 33.8. The van der Waals surface area contributed by atoms with Crippen molar-refractivity contribution in [2.45, 2.75) is 317 Å². The highest BCUT2D eigenvalue weighted by atomic mass is 32.2. The Labute approximate surface area is 678 Å². The first-order chi connectivity index (χ1) is 54.4. The molecule has 16 bridgehead atoms. The number of fused-ring (bicyclic) bond motifs is 7. The molecule has 5 aliphatic heterocycles.